The van der Waals surface area contributed by atoms with E-state index in [1.165, 1.54) is 0 Å². The zero-order valence-corrected chi connectivity index (χ0v) is 11.6. The molecule has 1 N–H and O–H groups in total. The van der Waals surface area contributed by atoms with Crippen LogP contribution in [0.4, 0.5) is 5.69 Å². The van der Waals surface area contributed by atoms with E-state index in [0.717, 1.165) is 5.46 Å². The van der Waals surface area contributed by atoms with Gasteiger partial charge >= 0.3 is 7.12 Å². The van der Waals surface area contributed by atoms with Crippen molar-refractivity contribution in [3.05, 3.63) is 24.3 Å². The highest BCUT2D eigenvalue weighted by atomic mass is 16.7. The van der Waals surface area contributed by atoms with E-state index in [0.29, 0.717) is 5.69 Å². The Morgan fingerprint density at radius 2 is 1.68 bits per heavy atom. The first-order chi connectivity index (χ1) is 9.92. The van der Waals surface area contributed by atoms with E-state index in [1.54, 1.807) is 24.3 Å². The number of rotatable bonds is 2. The fourth-order valence-corrected chi connectivity index (χ4v) is 1.83. The molecule has 0 radical (unpaired) electrons. The van der Waals surface area contributed by atoms with Gasteiger partial charge in [-0.05, 0) is 45.3 Å². The second kappa shape index (κ2) is 4.65. The smallest absolute Gasteiger partial charge is 0.399 e. The molecule has 0 spiro atoms. The molecule has 4 nitrogen and oxygen atoms in total. The number of carbonyl (C=O) groups is 1. The second-order valence-electron chi connectivity index (χ2n) is 5.66. The maximum atomic E-state index is 11.4. The van der Waals surface area contributed by atoms with Crippen LogP contribution in [0.25, 0.3) is 0 Å². The molecule has 0 aliphatic carbocycles. The van der Waals surface area contributed by atoms with Crippen molar-refractivity contribution in [2.24, 2.45) is 0 Å². The lowest BCUT2D eigenvalue weighted by molar-refractivity contribution is -0.114. The molecule has 0 atom stereocenters. The average Bonchev–Trinajstić information content (AvgIpc) is 2.58. The van der Waals surface area contributed by atoms with E-state index in [1.807, 2.05) is 27.7 Å². The number of hydrogen-bond acceptors (Lipinski definition) is 3. The number of amides is 1. The third-order valence-corrected chi connectivity index (χ3v) is 3.69. The molecule has 1 saturated heterocycles. The van der Waals surface area contributed by atoms with Crippen LogP contribution < -0.4 is 10.8 Å². The summed E-state index contributed by atoms with van der Waals surface area (Å²) in [5.74, 6) is -1.00. The minimum absolute atomic E-state index is 0.418. The van der Waals surface area contributed by atoms with Crippen LogP contribution in [0.1, 0.15) is 38.7 Å². The first kappa shape index (κ1) is 10.5. The van der Waals surface area contributed by atoms with Crippen molar-refractivity contribution in [1.82, 2.24) is 0 Å². The first-order valence-electron chi connectivity index (χ1n) is 7.69. The van der Waals surface area contributed by atoms with Gasteiger partial charge in [0.15, 0.2) is 0 Å². The fraction of sp³-hybridized carbons (Fsp3) is 0.500. The molecule has 1 fully saturated rings. The van der Waals surface area contributed by atoms with Crippen molar-refractivity contribution >= 4 is 24.2 Å². The Labute approximate surface area is 118 Å². The summed E-state index contributed by atoms with van der Waals surface area (Å²) in [6.45, 7) is 5.22. The molecular formula is C14H20BNO3. The minimum atomic E-state index is -2.66. The average molecular weight is 264 g/mol. The van der Waals surface area contributed by atoms with Gasteiger partial charge < -0.3 is 14.6 Å². The molecule has 2 rings (SSSR count). The van der Waals surface area contributed by atoms with Crippen molar-refractivity contribution in [3.8, 4) is 0 Å². The van der Waals surface area contributed by atoms with E-state index < -0.39 is 31.1 Å². The Bertz CT molecular complexity index is 554. The summed E-state index contributed by atoms with van der Waals surface area (Å²) >= 11 is 0. The molecule has 102 valence electrons. The van der Waals surface area contributed by atoms with Gasteiger partial charge in [-0.25, -0.2) is 0 Å². The van der Waals surface area contributed by atoms with Gasteiger partial charge in [-0.3, -0.25) is 4.79 Å². The number of carbonyl (C=O) groups excluding carboxylic acids is 1. The predicted molar refractivity (Wildman–Crippen MR) is 76.5 cm³/mol. The van der Waals surface area contributed by atoms with Crippen LogP contribution in [-0.2, 0) is 14.1 Å². The van der Waals surface area contributed by atoms with Crippen molar-refractivity contribution in [3.63, 3.8) is 0 Å². The summed E-state index contributed by atoms with van der Waals surface area (Å²) in [5, 5.41) is 2.35. The second-order valence-corrected chi connectivity index (χ2v) is 5.66. The molecule has 1 aliphatic heterocycles. The maximum Gasteiger partial charge on any atom is 0.494 e. The Hall–Kier alpha value is -1.33. The predicted octanol–water partition coefficient (Wildman–Crippen LogP) is 1.94. The van der Waals surface area contributed by atoms with E-state index in [2.05, 4.69) is 5.32 Å². The molecule has 1 heterocycles. The Balaban J connectivity index is 2.09. The highest BCUT2D eigenvalue weighted by Gasteiger charge is 2.51. The van der Waals surface area contributed by atoms with Gasteiger partial charge in [0.25, 0.3) is 0 Å². The van der Waals surface area contributed by atoms with Gasteiger partial charge in [0.1, 0.15) is 0 Å². The van der Waals surface area contributed by atoms with Gasteiger partial charge in [-0.2, -0.15) is 0 Å². The lowest BCUT2D eigenvalue weighted by Crippen LogP contribution is -2.41. The number of nitrogens with one attached hydrogen (secondary N) is 1. The van der Waals surface area contributed by atoms with Gasteiger partial charge in [-0.15, -0.1) is 0 Å². The molecule has 1 amide bonds. The van der Waals surface area contributed by atoms with Crippen molar-refractivity contribution in [2.45, 2.75) is 45.7 Å². The molecular weight excluding hydrogens is 241 g/mol. The van der Waals surface area contributed by atoms with Crippen molar-refractivity contribution in [1.29, 1.82) is 0 Å². The van der Waals surface area contributed by atoms with Gasteiger partial charge in [0.05, 0.1) is 11.2 Å². The molecule has 5 heteroatoms. The van der Waals surface area contributed by atoms with Crippen LogP contribution in [0.2, 0.25) is 0 Å². The van der Waals surface area contributed by atoms with E-state index in [-0.39, 0.29) is 0 Å². The number of anilines is 1. The molecule has 19 heavy (non-hydrogen) atoms. The van der Waals surface area contributed by atoms with Gasteiger partial charge in [0.2, 0.25) is 5.91 Å². The minimum Gasteiger partial charge on any atom is -0.399 e. The van der Waals surface area contributed by atoms with Crippen LogP contribution in [0.3, 0.4) is 0 Å². The largest absolute Gasteiger partial charge is 0.494 e. The zero-order valence-electron chi connectivity index (χ0n) is 14.6. The fourth-order valence-electron chi connectivity index (χ4n) is 1.83. The summed E-state index contributed by atoms with van der Waals surface area (Å²) in [4.78, 5) is 11.4. The number of benzene rings is 1. The first-order valence-corrected chi connectivity index (χ1v) is 6.19. The zero-order chi connectivity index (χ0) is 16.8. The van der Waals surface area contributed by atoms with E-state index >= 15 is 0 Å². The Morgan fingerprint density at radius 3 is 2.16 bits per heavy atom. The Morgan fingerprint density at radius 1 is 1.16 bits per heavy atom. The van der Waals surface area contributed by atoms with Crippen LogP contribution in [-0.4, -0.2) is 24.2 Å². The third kappa shape index (κ3) is 2.82. The SMILES string of the molecule is [2H]C([2H])([2H])C(=O)Nc1ccc(B2OC(C)(C)C(C)(C)O2)cc1. The van der Waals surface area contributed by atoms with Crippen LogP contribution in [0, 0.1) is 0 Å². The summed E-state index contributed by atoms with van der Waals surface area (Å²) in [6.07, 6.45) is 0. The number of hydrogen-bond donors (Lipinski definition) is 1. The molecule has 0 bridgehead atoms. The molecule has 0 saturated carbocycles. The lowest BCUT2D eigenvalue weighted by atomic mass is 9.79. The Kier molecular flexibility index (Phi) is 2.56. The molecule has 1 aliphatic rings. The lowest BCUT2D eigenvalue weighted by Gasteiger charge is -2.32. The quantitative estimate of drug-likeness (QED) is 0.830. The van der Waals surface area contributed by atoms with E-state index in [9.17, 15) is 4.79 Å². The molecule has 0 aromatic heterocycles. The van der Waals surface area contributed by atoms with Gasteiger partial charge in [0, 0.05) is 16.7 Å². The molecule has 0 unspecified atom stereocenters. The monoisotopic (exact) mass is 264 g/mol. The highest BCUT2D eigenvalue weighted by molar-refractivity contribution is 6.62. The highest BCUT2D eigenvalue weighted by Crippen LogP contribution is 2.36. The van der Waals surface area contributed by atoms with Crippen LogP contribution in [0.5, 0.6) is 0 Å². The van der Waals surface area contributed by atoms with Crippen LogP contribution >= 0.6 is 0 Å². The van der Waals surface area contributed by atoms with E-state index in [4.69, 9.17) is 13.4 Å². The van der Waals surface area contributed by atoms with Gasteiger partial charge in [-0.1, -0.05) is 12.1 Å². The standard InChI is InChI=1S/C14H20BNO3/c1-10(17)16-12-8-6-11(7-9-12)15-18-13(2,3)14(4,5)19-15/h6-9H,1-5H3,(H,16,17)/i1D3. The summed E-state index contributed by atoms with van der Waals surface area (Å²) in [7, 11) is -0.489. The third-order valence-electron chi connectivity index (χ3n) is 3.69. The molecule has 1 aromatic rings. The van der Waals surface area contributed by atoms with Crippen molar-refractivity contribution < 1.29 is 18.2 Å². The summed E-state index contributed by atoms with van der Waals surface area (Å²) in [5.41, 5.74) is 0.379. The normalized spacial score (nSPS) is 23.4. The topological polar surface area (TPSA) is 47.6 Å². The summed E-state index contributed by atoms with van der Waals surface area (Å²) in [6, 6.07) is 6.75. The van der Waals surface area contributed by atoms with Crippen LogP contribution in [0.15, 0.2) is 24.3 Å². The molecule has 1 aromatic carbocycles. The summed E-state index contributed by atoms with van der Waals surface area (Å²) < 4.78 is 33.0. The van der Waals surface area contributed by atoms with Crippen molar-refractivity contribution in [2.75, 3.05) is 5.32 Å². The maximum absolute atomic E-state index is 11.4.